The van der Waals surface area contributed by atoms with E-state index in [0.29, 0.717) is 6.04 Å². The van der Waals surface area contributed by atoms with Crippen molar-refractivity contribution in [3.8, 4) is 0 Å². The molecule has 0 spiro atoms. The molecule has 0 radical (unpaired) electrons. The summed E-state index contributed by atoms with van der Waals surface area (Å²) >= 11 is 1.77. The summed E-state index contributed by atoms with van der Waals surface area (Å²) in [6, 6.07) is 0.163. The van der Waals surface area contributed by atoms with E-state index in [4.69, 9.17) is 5.73 Å². The van der Waals surface area contributed by atoms with Gasteiger partial charge in [0.15, 0.2) is 0 Å². The predicted octanol–water partition coefficient (Wildman–Crippen LogP) is 1.34. The van der Waals surface area contributed by atoms with Crippen LogP contribution >= 0.6 is 11.3 Å². The highest BCUT2D eigenvalue weighted by Gasteiger charge is 2.20. The molecule has 2 rings (SSSR count). The zero-order valence-corrected chi connectivity index (χ0v) is 11.5. The molecule has 2 heterocycles. The van der Waals surface area contributed by atoms with Crippen molar-refractivity contribution >= 4 is 17.4 Å². The first-order valence-electron chi connectivity index (χ1n) is 6.40. The number of hydrogen-bond donors (Lipinski definition) is 2. The maximum atomic E-state index is 11.0. The summed E-state index contributed by atoms with van der Waals surface area (Å²) in [6.45, 7) is 4.48. The van der Waals surface area contributed by atoms with Gasteiger partial charge in [-0.15, -0.1) is 11.3 Å². The number of primary amides is 1. The van der Waals surface area contributed by atoms with Crippen LogP contribution < -0.4 is 11.1 Å². The van der Waals surface area contributed by atoms with Crippen molar-refractivity contribution in [1.29, 1.82) is 0 Å². The molecule has 2 amide bonds. The molecule has 0 atom stereocenters. The van der Waals surface area contributed by atoms with Crippen LogP contribution in [-0.4, -0.2) is 35.0 Å². The van der Waals surface area contributed by atoms with Crippen molar-refractivity contribution in [3.05, 3.63) is 16.1 Å². The van der Waals surface area contributed by atoms with Crippen LogP contribution in [0.25, 0.3) is 0 Å². The fourth-order valence-electron chi connectivity index (χ4n) is 2.13. The van der Waals surface area contributed by atoms with Gasteiger partial charge in [-0.05, 0) is 19.3 Å². The first kappa shape index (κ1) is 13.3. The van der Waals surface area contributed by atoms with Crippen LogP contribution in [0.2, 0.25) is 0 Å². The second-order valence-electron chi connectivity index (χ2n) is 4.55. The lowest BCUT2D eigenvalue weighted by atomic mass is 10.1. The third kappa shape index (κ3) is 3.43. The molecule has 0 bridgehead atoms. The number of aromatic nitrogens is 1. The highest BCUT2D eigenvalue weighted by Crippen LogP contribution is 2.15. The highest BCUT2D eigenvalue weighted by molar-refractivity contribution is 7.11. The quantitative estimate of drug-likeness (QED) is 0.865. The van der Waals surface area contributed by atoms with Gasteiger partial charge in [0.1, 0.15) is 5.01 Å². The predicted molar refractivity (Wildman–Crippen MR) is 72.5 cm³/mol. The molecule has 18 heavy (non-hydrogen) atoms. The average Bonchev–Trinajstić information content (AvgIpc) is 2.85. The van der Waals surface area contributed by atoms with E-state index in [0.717, 1.165) is 43.9 Å². The number of urea groups is 1. The highest BCUT2D eigenvalue weighted by atomic mass is 32.1. The maximum Gasteiger partial charge on any atom is 0.314 e. The number of nitrogens with two attached hydrogens (primary N) is 1. The minimum atomic E-state index is -0.305. The topological polar surface area (TPSA) is 71.2 Å². The summed E-state index contributed by atoms with van der Waals surface area (Å²) < 4.78 is 0. The fraction of sp³-hybridized carbons (Fsp3) is 0.667. The van der Waals surface area contributed by atoms with E-state index in [-0.39, 0.29) is 6.03 Å². The molecular formula is C12H20N4OS. The lowest BCUT2D eigenvalue weighted by molar-refractivity contribution is 0.185. The van der Waals surface area contributed by atoms with Crippen LogP contribution in [0.1, 0.15) is 29.7 Å². The number of nitrogens with zero attached hydrogens (tertiary/aromatic N) is 2. The number of carbonyl (C=O) groups is 1. The van der Waals surface area contributed by atoms with Gasteiger partial charge >= 0.3 is 6.03 Å². The Kier molecular flexibility index (Phi) is 4.54. The van der Waals surface area contributed by atoms with E-state index >= 15 is 0 Å². The van der Waals surface area contributed by atoms with Gasteiger partial charge in [0, 0.05) is 36.8 Å². The number of nitrogens with one attached hydrogen (secondary N) is 1. The molecule has 1 aliphatic rings. The van der Waals surface area contributed by atoms with E-state index in [2.05, 4.69) is 17.2 Å². The smallest absolute Gasteiger partial charge is 0.314 e. The van der Waals surface area contributed by atoms with Crippen molar-refractivity contribution in [2.24, 2.45) is 5.73 Å². The van der Waals surface area contributed by atoms with Crippen LogP contribution in [0.4, 0.5) is 4.79 Å². The SMILES string of the molecule is CCc1cnc(CNC2CCN(C(N)=O)CC2)s1. The van der Waals surface area contributed by atoms with Gasteiger partial charge in [0.2, 0.25) is 0 Å². The standard InChI is InChI=1S/C12H20N4OS/c1-2-10-7-15-11(18-10)8-14-9-3-5-16(6-4-9)12(13)17/h7,9,14H,2-6,8H2,1H3,(H2,13,17). The largest absolute Gasteiger partial charge is 0.351 e. The number of carbonyl (C=O) groups excluding carboxylic acids is 1. The minimum Gasteiger partial charge on any atom is -0.351 e. The molecule has 1 fully saturated rings. The van der Waals surface area contributed by atoms with Crippen molar-refractivity contribution in [1.82, 2.24) is 15.2 Å². The van der Waals surface area contributed by atoms with Crippen LogP contribution in [0.3, 0.4) is 0 Å². The first-order valence-corrected chi connectivity index (χ1v) is 7.22. The summed E-state index contributed by atoms with van der Waals surface area (Å²) in [5.41, 5.74) is 5.25. The average molecular weight is 268 g/mol. The van der Waals surface area contributed by atoms with Crippen LogP contribution in [0.5, 0.6) is 0 Å². The van der Waals surface area contributed by atoms with Crippen molar-refractivity contribution in [2.45, 2.75) is 38.8 Å². The second kappa shape index (κ2) is 6.15. The summed E-state index contributed by atoms with van der Waals surface area (Å²) in [4.78, 5) is 18.4. The second-order valence-corrected chi connectivity index (χ2v) is 5.75. The van der Waals surface area contributed by atoms with E-state index in [1.165, 1.54) is 4.88 Å². The van der Waals surface area contributed by atoms with Gasteiger partial charge < -0.3 is 16.0 Å². The number of thiazole rings is 1. The number of likely N-dealkylation sites (tertiary alicyclic amines) is 1. The zero-order chi connectivity index (χ0) is 13.0. The molecule has 0 aromatic carbocycles. The normalized spacial score (nSPS) is 17.1. The van der Waals surface area contributed by atoms with E-state index < -0.39 is 0 Å². The number of aryl methyl sites for hydroxylation is 1. The first-order chi connectivity index (χ1) is 8.69. The Morgan fingerprint density at radius 2 is 2.33 bits per heavy atom. The molecule has 3 N–H and O–H groups in total. The van der Waals surface area contributed by atoms with Crippen LogP contribution in [-0.2, 0) is 13.0 Å². The zero-order valence-electron chi connectivity index (χ0n) is 10.7. The van der Waals surface area contributed by atoms with Crippen LogP contribution in [0.15, 0.2) is 6.20 Å². The monoisotopic (exact) mass is 268 g/mol. The molecule has 100 valence electrons. The fourth-order valence-corrected chi connectivity index (χ4v) is 2.94. The molecule has 0 saturated carbocycles. The number of hydrogen-bond acceptors (Lipinski definition) is 4. The molecule has 5 nitrogen and oxygen atoms in total. The molecular weight excluding hydrogens is 248 g/mol. The van der Waals surface area contributed by atoms with E-state index in [9.17, 15) is 4.79 Å². The lowest BCUT2D eigenvalue weighted by Crippen LogP contribution is -2.46. The summed E-state index contributed by atoms with van der Waals surface area (Å²) in [6.07, 6.45) is 4.94. The molecule has 0 aliphatic carbocycles. The van der Waals surface area contributed by atoms with Gasteiger partial charge in [0.05, 0.1) is 0 Å². The Bertz CT molecular complexity index is 399. The summed E-state index contributed by atoms with van der Waals surface area (Å²) in [7, 11) is 0. The Balaban J connectivity index is 1.73. The van der Waals surface area contributed by atoms with Gasteiger partial charge in [-0.3, -0.25) is 0 Å². The Hall–Kier alpha value is -1.14. The number of amides is 2. The molecule has 1 aromatic heterocycles. The van der Waals surface area contributed by atoms with E-state index in [1.807, 2.05) is 6.20 Å². The number of rotatable bonds is 4. The molecule has 1 saturated heterocycles. The maximum absolute atomic E-state index is 11.0. The molecule has 1 aliphatic heterocycles. The van der Waals surface area contributed by atoms with Gasteiger partial charge in [0.25, 0.3) is 0 Å². The van der Waals surface area contributed by atoms with Crippen molar-refractivity contribution in [2.75, 3.05) is 13.1 Å². The van der Waals surface area contributed by atoms with Crippen LogP contribution in [0, 0.1) is 0 Å². The summed E-state index contributed by atoms with van der Waals surface area (Å²) in [5.74, 6) is 0. The van der Waals surface area contributed by atoms with Crippen molar-refractivity contribution in [3.63, 3.8) is 0 Å². The Morgan fingerprint density at radius 1 is 1.61 bits per heavy atom. The van der Waals surface area contributed by atoms with Crippen molar-refractivity contribution < 1.29 is 4.79 Å². The number of piperidine rings is 1. The van der Waals surface area contributed by atoms with Gasteiger partial charge in [-0.25, -0.2) is 9.78 Å². The van der Waals surface area contributed by atoms with Gasteiger partial charge in [-0.2, -0.15) is 0 Å². The lowest BCUT2D eigenvalue weighted by Gasteiger charge is -2.31. The van der Waals surface area contributed by atoms with Gasteiger partial charge in [-0.1, -0.05) is 6.92 Å². The Morgan fingerprint density at radius 3 is 2.89 bits per heavy atom. The van der Waals surface area contributed by atoms with E-state index in [1.54, 1.807) is 16.2 Å². The molecule has 0 unspecified atom stereocenters. The summed E-state index contributed by atoms with van der Waals surface area (Å²) in [5, 5.41) is 4.65. The third-order valence-corrected chi connectivity index (χ3v) is 4.44. The third-order valence-electron chi connectivity index (χ3n) is 3.30. The Labute approximate surface area is 111 Å². The minimum absolute atomic E-state index is 0.305. The molecule has 1 aromatic rings. The molecule has 6 heteroatoms.